The Balaban J connectivity index is 2.10. The fourth-order valence-corrected chi connectivity index (χ4v) is 2.09. The molecule has 1 fully saturated rings. The molecule has 1 saturated heterocycles. The summed E-state index contributed by atoms with van der Waals surface area (Å²) in [6, 6.07) is 5.29. The van der Waals surface area contributed by atoms with Gasteiger partial charge in [-0.3, -0.25) is 14.9 Å². The number of halogens is 1. The van der Waals surface area contributed by atoms with Crippen molar-refractivity contribution in [1.29, 1.82) is 0 Å². The molecule has 0 N–H and O–H groups in total. The molecular weight excluding hydrogens is 270 g/mol. The summed E-state index contributed by atoms with van der Waals surface area (Å²) in [6.07, 6.45) is 2.08. The van der Waals surface area contributed by atoms with Crippen molar-refractivity contribution in [3.63, 3.8) is 0 Å². The number of amides is 1. The van der Waals surface area contributed by atoms with Crippen LogP contribution in [0.2, 0.25) is 0 Å². The maximum atomic E-state index is 11.8. The van der Waals surface area contributed by atoms with E-state index >= 15 is 0 Å². The lowest BCUT2D eigenvalue weighted by molar-refractivity contribution is -0.384. The second-order valence-electron chi connectivity index (χ2n) is 4.18. The maximum absolute atomic E-state index is 11.8. The molecule has 0 aromatic heterocycles. The minimum atomic E-state index is -0.519. The molecule has 0 aliphatic carbocycles. The van der Waals surface area contributed by atoms with E-state index in [9.17, 15) is 14.9 Å². The number of non-ortho nitro benzene ring substituents is 1. The Morgan fingerprint density at radius 1 is 1.26 bits per heavy atom. The van der Waals surface area contributed by atoms with E-state index in [0.29, 0.717) is 0 Å². The highest BCUT2D eigenvalue weighted by Crippen LogP contribution is 2.14. The first kappa shape index (κ1) is 13.5. The molecule has 1 aliphatic heterocycles. The number of nitrogens with zero attached hydrogens (tertiary/aromatic N) is 3. The van der Waals surface area contributed by atoms with Gasteiger partial charge in [0.25, 0.3) is 11.6 Å². The summed E-state index contributed by atoms with van der Waals surface area (Å²) in [4.78, 5) is 27.4. The second-order valence-corrected chi connectivity index (χ2v) is 4.52. The maximum Gasteiger partial charge on any atom is 0.279 e. The van der Waals surface area contributed by atoms with Crippen LogP contribution in [-0.2, 0) is 0 Å². The number of nitro benzene ring substituents is 1. The lowest BCUT2D eigenvalue weighted by Crippen LogP contribution is -2.24. The lowest BCUT2D eigenvalue weighted by atomic mass is 10.2. The minimum absolute atomic E-state index is 0.0637. The van der Waals surface area contributed by atoms with Gasteiger partial charge in [0.15, 0.2) is 0 Å². The van der Waals surface area contributed by atoms with Crippen LogP contribution >= 0.6 is 11.6 Å². The van der Waals surface area contributed by atoms with Gasteiger partial charge in [-0.05, 0) is 36.6 Å². The van der Waals surface area contributed by atoms with E-state index in [1.54, 1.807) is 0 Å². The Morgan fingerprint density at radius 2 is 1.84 bits per heavy atom. The van der Waals surface area contributed by atoms with Crippen LogP contribution < -0.4 is 0 Å². The Labute approximate surface area is 114 Å². The summed E-state index contributed by atoms with van der Waals surface area (Å²) in [6.45, 7) is 1.60. The molecule has 2 rings (SSSR count). The molecule has 0 atom stereocenters. The molecule has 100 valence electrons. The van der Waals surface area contributed by atoms with Crippen molar-refractivity contribution in [1.82, 2.24) is 4.90 Å². The minimum Gasteiger partial charge on any atom is -0.347 e. The smallest absolute Gasteiger partial charge is 0.279 e. The lowest BCUT2D eigenvalue weighted by Gasteiger charge is -2.13. The SMILES string of the molecule is O=C(N=C(Cl)N1CCCC1)c1ccc([N+](=O)[O-])cc1. The summed E-state index contributed by atoms with van der Waals surface area (Å²) in [5, 5.41) is 10.7. The molecule has 19 heavy (non-hydrogen) atoms. The van der Waals surface area contributed by atoms with Gasteiger partial charge in [-0.25, -0.2) is 0 Å². The highest BCUT2D eigenvalue weighted by Gasteiger charge is 2.16. The molecule has 0 unspecified atom stereocenters. The first-order chi connectivity index (χ1) is 9.08. The Kier molecular flexibility index (Phi) is 4.11. The molecule has 1 aromatic carbocycles. The van der Waals surface area contributed by atoms with Crippen LogP contribution in [-0.4, -0.2) is 34.1 Å². The fourth-order valence-electron chi connectivity index (χ4n) is 1.85. The van der Waals surface area contributed by atoms with Gasteiger partial charge in [0, 0.05) is 30.8 Å². The van der Waals surface area contributed by atoms with E-state index in [0.717, 1.165) is 25.9 Å². The molecule has 0 spiro atoms. The third-order valence-electron chi connectivity index (χ3n) is 2.89. The number of carbonyl (C=O) groups is 1. The zero-order valence-electron chi connectivity index (χ0n) is 10.1. The Bertz CT molecular complexity index is 522. The van der Waals surface area contributed by atoms with Crippen LogP contribution in [0.5, 0.6) is 0 Å². The summed E-state index contributed by atoms with van der Waals surface area (Å²) >= 11 is 5.96. The number of rotatable bonds is 2. The second kappa shape index (κ2) is 5.79. The highest BCUT2D eigenvalue weighted by atomic mass is 35.5. The predicted molar refractivity (Wildman–Crippen MR) is 71.5 cm³/mol. The monoisotopic (exact) mass is 281 g/mol. The van der Waals surface area contributed by atoms with Crippen molar-refractivity contribution in [3.05, 3.63) is 39.9 Å². The molecule has 0 bridgehead atoms. The molecule has 6 nitrogen and oxygen atoms in total. The Morgan fingerprint density at radius 3 is 2.37 bits per heavy atom. The molecule has 7 heteroatoms. The molecule has 1 aromatic rings. The fraction of sp³-hybridized carbons (Fsp3) is 0.333. The van der Waals surface area contributed by atoms with Crippen molar-refractivity contribution >= 4 is 28.5 Å². The number of nitro groups is 1. The molecule has 1 heterocycles. The van der Waals surface area contributed by atoms with E-state index in [4.69, 9.17) is 11.6 Å². The molecule has 1 aliphatic rings. The summed E-state index contributed by atoms with van der Waals surface area (Å²) in [5.74, 6) is -0.494. The number of benzene rings is 1. The van der Waals surface area contributed by atoms with Crippen LogP contribution in [0.25, 0.3) is 0 Å². The van der Waals surface area contributed by atoms with Crippen molar-refractivity contribution in [3.8, 4) is 0 Å². The highest BCUT2D eigenvalue weighted by molar-refractivity contribution is 6.65. The van der Waals surface area contributed by atoms with E-state index < -0.39 is 10.8 Å². The van der Waals surface area contributed by atoms with Crippen LogP contribution in [0.3, 0.4) is 0 Å². The Hall–Kier alpha value is -1.95. The van der Waals surface area contributed by atoms with Gasteiger partial charge in [0.05, 0.1) is 4.92 Å². The zero-order valence-corrected chi connectivity index (χ0v) is 10.8. The first-order valence-corrected chi connectivity index (χ1v) is 6.23. The molecule has 0 saturated carbocycles. The number of aliphatic imine (C=N–C) groups is 1. The van der Waals surface area contributed by atoms with E-state index in [1.165, 1.54) is 24.3 Å². The summed E-state index contributed by atoms with van der Waals surface area (Å²) in [7, 11) is 0. The predicted octanol–water partition coefficient (Wildman–Crippen LogP) is 2.43. The van der Waals surface area contributed by atoms with Crippen LogP contribution in [0.15, 0.2) is 29.3 Å². The van der Waals surface area contributed by atoms with Crippen molar-refractivity contribution < 1.29 is 9.72 Å². The average Bonchev–Trinajstić information content (AvgIpc) is 2.92. The van der Waals surface area contributed by atoms with Gasteiger partial charge >= 0.3 is 0 Å². The average molecular weight is 282 g/mol. The number of hydrogen-bond acceptors (Lipinski definition) is 3. The summed E-state index contributed by atoms with van der Waals surface area (Å²) in [5.41, 5.74) is 0.217. The van der Waals surface area contributed by atoms with Crippen LogP contribution in [0.1, 0.15) is 23.2 Å². The van der Waals surface area contributed by atoms with Gasteiger partial charge in [-0.1, -0.05) is 0 Å². The number of amidine groups is 1. The van der Waals surface area contributed by atoms with E-state index in [1.807, 2.05) is 4.90 Å². The van der Waals surface area contributed by atoms with Gasteiger partial charge in [0.1, 0.15) is 0 Å². The van der Waals surface area contributed by atoms with Crippen molar-refractivity contribution in [2.24, 2.45) is 4.99 Å². The molecular formula is C12H12ClN3O3. The van der Waals surface area contributed by atoms with Gasteiger partial charge in [-0.15, -0.1) is 0 Å². The molecule has 1 amide bonds. The number of likely N-dealkylation sites (tertiary alicyclic amines) is 1. The van der Waals surface area contributed by atoms with Crippen molar-refractivity contribution in [2.45, 2.75) is 12.8 Å². The summed E-state index contributed by atoms with van der Waals surface area (Å²) < 4.78 is 0. The van der Waals surface area contributed by atoms with Crippen LogP contribution in [0.4, 0.5) is 5.69 Å². The first-order valence-electron chi connectivity index (χ1n) is 5.86. The van der Waals surface area contributed by atoms with Gasteiger partial charge in [-0.2, -0.15) is 4.99 Å². The van der Waals surface area contributed by atoms with Crippen molar-refractivity contribution in [2.75, 3.05) is 13.1 Å². The van der Waals surface area contributed by atoms with E-state index in [-0.39, 0.29) is 16.5 Å². The van der Waals surface area contributed by atoms with E-state index in [2.05, 4.69) is 4.99 Å². The van der Waals surface area contributed by atoms with Gasteiger partial charge < -0.3 is 4.90 Å². The number of hydrogen-bond donors (Lipinski definition) is 0. The standard InChI is InChI=1S/C12H12ClN3O3/c13-12(15-7-1-2-8-15)14-11(17)9-3-5-10(6-4-9)16(18)19/h3-6H,1-2,7-8H2. The normalized spacial score (nSPS) is 15.6. The van der Waals surface area contributed by atoms with Crippen LogP contribution in [0, 0.1) is 10.1 Å². The quantitative estimate of drug-likeness (QED) is 0.274. The largest absolute Gasteiger partial charge is 0.347 e. The topological polar surface area (TPSA) is 75.8 Å². The third-order valence-corrected chi connectivity index (χ3v) is 3.21. The third kappa shape index (κ3) is 3.29. The number of carbonyl (C=O) groups excluding carboxylic acids is 1. The molecule has 0 radical (unpaired) electrons. The zero-order chi connectivity index (χ0) is 13.8. The van der Waals surface area contributed by atoms with Gasteiger partial charge in [0.2, 0.25) is 5.29 Å².